The monoisotopic (exact) mass is 375 g/mol. The molecule has 0 saturated heterocycles. The summed E-state index contributed by atoms with van der Waals surface area (Å²) in [5, 5.41) is 1.20. The van der Waals surface area contributed by atoms with E-state index in [-0.39, 0.29) is 10.8 Å². The molecule has 0 saturated carbocycles. The minimum Gasteiger partial charge on any atom is -0.232 e. The first-order chi connectivity index (χ1) is 12.9. The van der Waals surface area contributed by atoms with E-state index in [0.717, 1.165) is 17.8 Å². The first-order valence-corrected chi connectivity index (χ1v) is 10.3. The zero-order valence-corrected chi connectivity index (χ0v) is 19.1. The molecule has 0 radical (unpaired) electrons. The van der Waals surface area contributed by atoms with Crippen LogP contribution in [0.3, 0.4) is 0 Å². The first kappa shape index (κ1) is 20.5. The van der Waals surface area contributed by atoms with E-state index < -0.39 is 0 Å². The molecule has 2 heteroatoms. The maximum atomic E-state index is 5.22. The second-order valence-electron chi connectivity index (χ2n) is 10.5. The van der Waals surface area contributed by atoms with Gasteiger partial charge in [-0.3, -0.25) is 0 Å². The summed E-state index contributed by atoms with van der Waals surface area (Å²) in [5.74, 6) is 1.04. The summed E-state index contributed by atoms with van der Waals surface area (Å²) >= 11 is 0. The Balaban J connectivity index is 2.28. The Labute approximate surface area is 170 Å². The summed E-state index contributed by atoms with van der Waals surface area (Å²) in [6, 6.07) is 11.2. The molecule has 0 amide bonds. The summed E-state index contributed by atoms with van der Waals surface area (Å²) < 4.78 is 2.18. The second-order valence-corrected chi connectivity index (χ2v) is 10.5. The Morgan fingerprint density at radius 1 is 0.964 bits per heavy atom. The number of fused-ring (bicyclic) bond motifs is 1. The lowest BCUT2D eigenvalue weighted by molar-refractivity contribution is -0.661. The number of aromatic nitrogens is 2. The van der Waals surface area contributed by atoms with E-state index in [4.69, 9.17) is 4.98 Å². The Morgan fingerprint density at radius 2 is 1.64 bits per heavy atom. The highest BCUT2D eigenvalue weighted by molar-refractivity contribution is 5.82. The predicted molar refractivity (Wildman–Crippen MR) is 120 cm³/mol. The molecule has 28 heavy (non-hydrogen) atoms. The Kier molecular flexibility index (Phi) is 5.12. The fourth-order valence-corrected chi connectivity index (χ4v) is 3.80. The van der Waals surface area contributed by atoms with Crippen LogP contribution in [0.4, 0.5) is 0 Å². The Morgan fingerprint density at radius 3 is 2.25 bits per heavy atom. The van der Waals surface area contributed by atoms with Crippen LogP contribution in [0, 0.1) is 19.3 Å². The molecule has 2 nitrogen and oxygen atoms in total. The number of para-hydroxylation sites is 1. The van der Waals surface area contributed by atoms with Gasteiger partial charge in [0.1, 0.15) is 6.20 Å². The van der Waals surface area contributed by atoms with Crippen molar-refractivity contribution in [2.24, 2.45) is 12.5 Å². The molecule has 0 unspecified atom stereocenters. The molecule has 148 valence electrons. The maximum absolute atomic E-state index is 5.22. The smallest absolute Gasteiger partial charge is 0.232 e. The highest BCUT2D eigenvalue weighted by Gasteiger charge is 2.24. The highest BCUT2D eigenvalue weighted by atomic mass is 15.0. The molecule has 0 spiro atoms. The first-order valence-electron chi connectivity index (χ1n) is 10.3. The van der Waals surface area contributed by atoms with Gasteiger partial charge < -0.3 is 0 Å². The van der Waals surface area contributed by atoms with Crippen molar-refractivity contribution in [1.82, 2.24) is 4.98 Å². The van der Waals surface area contributed by atoms with Crippen molar-refractivity contribution in [2.45, 2.75) is 67.2 Å². The molecule has 0 aliphatic heterocycles. The molecule has 3 aromatic rings. The average molecular weight is 376 g/mol. The molecule has 0 fully saturated rings. The summed E-state index contributed by atoms with van der Waals surface area (Å²) in [7, 11) is 2.11. The summed E-state index contributed by atoms with van der Waals surface area (Å²) in [6.45, 7) is 18.1. The SMILES string of the molecule is Cc1cc(C(C)(C)C)cc(-c2nc3c(CC(C)(C)C)cccc3c[n+]2C)c1C. The molecule has 1 heterocycles. The predicted octanol–water partition coefficient (Wildman–Crippen LogP) is 6.23. The summed E-state index contributed by atoms with van der Waals surface area (Å²) in [4.78, 5) is 5.22. The van der Waals surface area contributed by atoms with Gasteiger partial charge in [-0.25, -0.2) is 4.57 Å². The molecule has 2 aromatic carbocycles. The van der Waals surface area contributed by atoms with Crippen LogP contribution >= 0.6 is 0 Å². The van der Waals surface area contributed by atoms with Crippen LogP contribution < -0.4 is 4.57 Å². The van der Waals surface area contributed by atoms with Gasteiger partial charge in [-0.05, 0) is 64.9 Å². The van der Waals surface area contributed by atoms with Crippen molar-refractivity contribution in [3.63, 3.8) is 0 Å². The molecular weight excluding hydrogens is 340 g/mol. The van der Waals surface area contributed by atoms with Gasteiger partial charge in [-0.2, -0.15) is 0 Å². The van der Waals surface area contributed by atoms with Crippen LogP contribution in [0.25, 0.3) is 22.3 Å². The minimum absolute atomic E-state index is 0.111. The summed E-state index contributed by atoms with van der Waals surface area (Å²) in [6.07, 6.45) is 3.24. The van der Waals surface area contributed by atoms with Crippen LogP contribution in [0.1, 0.15) is 63.8 Å². The largest absolute Gasteiger partial charge is 0.331 e. The van der Waals surface area contributed by atoms with E-state index in [1.54, 1.807) is 0 Å². The average Bonchev–Trinajstić information content (AvgIpc) is 2.55. The van der Waals surface area contributed by atoms with Crippen LogP contribution in [0.15, 0.2) is 36.5 Å². The number of hydrogen-bond donors (Lipinski definition) is 0. The number of aryl methyl sites for hydroxylation is 2. The normalized spacial score (nSPS) is 12.6. The van der Waals surface area contributed by atoms with Gasteiger partial charge in [0.15, 0.2) is 5.52 Å². The molecule has 3 rings (SSSR count). The fourth-order valence-electron chi connectivity index (χ4n) is 3.80. The third-order valence-electron chi connectivity index (χ3n) is 5.53. The van der Waals surface area contributed by atoms with Crippen LogP contribution in [0.2, 0.25) is 0 Å². The van der Waals surface area contributed by atoms with Gasteiger partial charge in [-0.1, -0.05) is 59.7 Å². The minimum atomic E-state index is 0.111. The van der Waals surface area contributed by atoms with Crippen molar-refractivity contribution in [1.29, 1.82) is 0 Å². The molecule has 0 aliphatic carbocycles. The maximum Gasteiger partial charge on any atom is 0.331 e. The fraction of sp³-hybridized carbons (Fsp3) is 0.462. The third kappa shape index (κ3) is 4.11. The Hall–Kier alpha value is -2.22. The van der Waals surface area contributed by atoms with Crippen LogP contribution in [-0.2, 0) is 18.9 Å². The van der Waals surface area contributed by atoms with Gasteiger partial charge in [-0.15, -0.1) is 0 Å². The number of benzene rings is 2. The third-order valence-corrected chi connectivity index (χ3v) is 5.53. The van der Waals surface area contributed by atoms with Gasteiger partial charge in [0.25, 0.3) is 0 Å². The standard InChI is InChI=1S/C26H35N2/c1-17-13-21(26(6,7)8)14-22(18(17)2)24-27-23-19(15-25(3,4)5)11-10-12-20(23)16-28(24)9/h10-14,16H,15H2,1-9H3/q+1. The second kappa shape index (κ2) is 6.99. The lowest BCUT2D eigenvalue weighted by Gasteiger charge is -2.21. The highest BCUT2D eigenvalue weighted by Crippen LogP contribution is 2.32. The van der Waals surface area contributed by atoms with E-state index >= 15 is 0 Å². The molecule has 0 atom stereocenters. The van der Waals surface area contributed by atoms with Gasteiger partial charge >= 0.3 is 5.82 Å². The number of hydrogen-bond acceptors (Lipinski definition) is 1. The van der Waals surface area contributed by atoms with E-state index in [0.29, 0.717) is 0 Å². The van der Waals surface area contributed by atoms with Crippen LogP contribution in [0.5, 0.6) is 0 Å². The lowest BCUT2D eigenvalue weighted by atomic mass is 9.83. The zero-order valence-electron chi connectivity index (χ0n) is 19.1. The summed E-state index contributed by atoms with van der Waals surface area (Å²) in [5.41, 5.74) is 8.02. The zero-order chi connectivity index (χ0) is 20.9. The molecule has 0 bridgehead atoms. The molecular formula is C26H35N2+. The van der Waals surface area contributed by atoms with Gasteiger partial charge in [0, 0.05) is 5.56 Å². The van der Waals surface area contributed by atoms with Crippen molar-refractivity contribution >= 4 is 10.9 Å². The Bertz CT molecular complexity index is 1030. The quantitative estimate of drug-likeness (QED) is 0.485. The topological polar surface area (TPSA) is 16.8 Å². The van der Waals surface area contributed by atoms with Crippen molar-refractivity contribution < 1.29 is 4.57 Å². The van der Waals surface area contributed by atoms with E-state index in [9.17, 15) is 0 Å². The van der Waals surface area contributed by atoms with Crippen molar-refractivity contribution in [3.05, 3.63) is 58.8 Å². The number of nitrogens with zero attached hydrogens (tertiary/aromatic N) is 2. The van der Waals surface area contributed by atoms with Crippen molar-refractivity contribution in [2.75, 3.05) is 0 Å². The molecule has 0 aliphatic rings. The van der Waals surface area contributed by atoms with Crippen LogP contribution in [-0.4, -0.2) is 4.98 Å². The van der Waals surface area contributed by atoms with E-state index in [2.05, 4.69) is 104 Å². The van der Waals surface area contributed by atoms with E-state index in [1.165, 1.54) is 33.2 Å². The van der Waals surface area contributed by atoms with Crippen molar-refractivity contribution in [3.8, 4) is 11.4 Å². The lowest BCUT2D eigenvalue weighted by Crippen LogP contribution is -2.32. The molecule has 1 aromatic heterocycles. The van der Waals surface area contributed by atoms with E-state index in [1.807, 2.05) is 0 Å². The molecule has 0 N–H and O–H groups in total. The van der Waals surface area contributed by atoms with Gasteiger partial charge in [0.2, 0.25) is 0 Å². The number of rotatable bonds is 2. The van der Waals surface area contributed by atoms with Gasteiger partial charge in [0.05, 0.1) is 18.0 Å².